The van der Waals surface area contributed by atoms with Gasteiger partial charge in [-0.05, 0) is 33.3 Å². The highest BCUT2D eigenvalue weighted by Gasteiger charge is 2.06. The molecule has 3 rings (SSSR count). The van der Waals surface area contributed by atoms with Crippen molar-refractivity contribution in [3.8, 4) is 0 Å². The number of pyridine rings is 1. The van der Waals surface area contributed by atoms with E-state index in [2.05, 4.69) is 47.0 Å². The Bertz CT molecular complexity index is 826. The summed E-state index contributed by atoms with van der Waals surface area (Å²) < 4.78 is 2.76. The number of fused-ring (bicyclic) bond motifs is 1. The average Bonchev–Trinajstić information content (AvgIpc) is 3.12. The Labute approximate surface area is 140 Å². The second kappa shape index (κ2) is 6.73. The first kappa shape index (κ1) is 15.4. The Kier molecular flexibility index (Phi) is 4.51. The van der Waals surface area contributed by atoms with Gasteiger partial charge < -0.3 is 9.72 Å². The molecule has 23 heavy (non-hydrogen) atoms. The number of tetrazole rings is 1. The number of carbonyl (C=O) groups excluding carboxylic acids is 1. The van der Waals surface area contributed by atoms with Crippen molar-refractivity contribution in [1.82, 2.24) is 34.9 Å². The van der Waals surface area contributed by atoms with Crippen molar-refractivity contribution in [3.63, 3.8) is 0 Å². The number of hydrogen-bond acceptors (Lipinski definition) is 5. The summed E-state index contributed by atoms with van der Waals surface area (Å²) in [6.45, 7) is 2.81. The maximum absolute atomic E-state index is 11.9. The van der Waals surface area contributed by atoms with Gasteiger partial charge in [-0.3, -0.25) is 5.32 Å². The number of aromatic nitrogens is 6. The van der Waals surface area contributed by atoms with Gasteiger partial charge in [-0.2, -0.15) is 4.80 Å². The molecular weight excluding hydrogens is 364 g/mol. The first-order valence-electron chi connectivity index (χ1n) is 7.10. The molecule has 9 nitrogen and oxygen atoms in total. The van der Waals surface area contributed by atoms with Crippen LogP contribution in [0.5, 0.6) is 0 Å². The monoisotopic (exact) mass is 378 g/mol. The van der Waals surface area contributed by atoms with Gasteiger partial charge in [0.2, 0.25) is 0 Å². The predicted molar refractivity (Wildman–Crippen MR) is 87.1 cm³/mol. The summed E-state index contributed by atoms with van der Waals surface area (Å²) in [5, 5.41) is 17.3. The van der Waals surface area contributed by atoms with Gasteiger partial charge in [0, 0.05) is 23.6 Å². The fourth-order valence-corrected chi connectivity index (χ4v) is 2.32. The van der Waals surface area contributed by atoms with Crippen LogP contribution in [-0.4, -0.2) is 42.2 Å². The summed E-state index contributed by atoms with van der Waals surface area (Å²) in [6.07, 6.45) is 4.34. The summed E-state index contributed by atoms with van der Waals surface area (Å²) in [5.74, 6) is 1.16. The molecule has 3 aromatic heterocycles. The number of anilines is 1. The number of halogens is 1. The van der Waals surface area contributed by atoms with Gasteiger partial charge in [0.1, 0.15) is 5.65 Å². The largest absolute Gasteiger partial charge is 0.336 e. The molecule has 0 atom stereocenters. The van der Waals surface area contributed by atoms with Gasteiger partial charge in [-0.25, -0.2) is 9.78 Å². The molecule has 0 bridgehead atoms. The molecule has 0 aromatic carbocycles. The lowest BCUT2D eigenvalue weighted by Crippen LogP contribution is -2.32. The zero-order valence-electron chi connectivity index (χ0n) is 12.4. The van der Waals surface area contributed by atoms with E-state index in [1.807, 2.05) is 29.7 Å². The van der Waals surface area contributed by atoms with Crippen molar-refractivity contribution in [3.05, 3.63) is 34.8 Å². The van der Waals surface area contributed by atoms with Crippen molar-refractivity contribution in [2.45, 2.75) is 19.9 Å². The molecular formula is C13H15BrN8O. The van der Waals surface area contributed by atoms with Crippen LogP contribution < -0.4 is 10.6 Å². The summed E-state index contributed by atoms with van der Waals surface area (Å²) in [5.41, 5.74) is 0.752. The minimum atomic E-state index is -0.330. The molecule has 3 aromatic rings. The highest BCUT2D eigenvalue weighted by Crippen LogP contribution is 2.14. The minimum Gasteiger partial charge on any atom is -0.336 e. The highest BCUT2D eigenvalue weighted by atomic mass is 79.9. The van der Waals surface area contributed by atoms with E-state index in [0.29, 0.717) is 24.7 Å². The van der Waals surface area contributed by atoms with Gasteiger partial charge in [0.05, 0.1) is 12.7 Å². The van der Waals surface area contributed by atoms with Crippen LogP contribution in [0, 0.1) is 0 Å². The Hall–Kier alpha value is -2.49. The molecule has 0 aliphatic rings. The van der Waals surface area contributed by atoms with Gasteiger partial charge in [0.15, 0.2) is 11.6 Å². The number of hydrogen-bond donors (Lipinski definition) is 2. The second-order valence-electron chi connectivity index (χ2n) is 4.77. The molecule has 0 fully saturated rings. The van der Waals surface area contributed by atoms with Crippen molar-refractivity contribution in [2.75, 3.05) is 11.9 Å². The summed E-state index contributed by atoms with van der Waals surface area (Å²) in [4.78, 5) is 17.6. The van der Waals surface area contributed by atoms with Crippen molar-refractivity contribution >= 4 is 33.4 Å². The van der Waals surface area contributed by atoms with Crippen LogP contribution in [0.3, 0.4) is 0 Å². The maximum atomic E-state index is 11.9. The third kappa shape index (κ3) is 3.83. The first-order chi connectivity index (χ1) is 11.1. The molecule has 3 heterocycles. The van der Waals surface area contributed by atoms with Gasteiger partial charge in [0.25, 0.3) is 0 Å². The lowest BCUT2D eigenvalue weighted by Gasteiger charge is -2.04. The Balaban J connectivity index is 1.51. The lowest BCUT2D eigenvalue weighted by atomic mass is 10.5. The molecule has 0 saturated carbocycles. The van der Waals surface area contributed by atoms with E-state index in [0.717, 1.165) is 16.5 Å². The van der Waals surface area contributed by atoms with Crippen molar-refractivity contribution < 1.29 is 4.79 Å². The summed E-state index contributed by atoms with van der Waals surface area (Å²) in [6, 6.07) is 3.42. The lowest BCUT2D eigenvalue weighted by molar-refractivity contribution is 0.251. The molecule has 2 amide bonds. The number of nitrogens with zero attached hydrogens (tertiary/aromatic N) is 6. The number of urea groups is 1. The van der Waals surface area contributed by atoms with E-state index >= 15 is 0 Å². The van der Waals surface area contributed by atoms with E-state index in [9.17, 15) is 4.79 Å². The molecule has 0 radical (unpaired) electrons. The molecule has 120 valence electrons. The minimum absolute atomic E-state index is 0.330. The van der Waals surface area contributed by atoms with Crippen LogP contribution in [0.4, 0.5) is 10.6 Å². The zero-order chi connectivity index (χ0) is 16.2. The smallest absolute Gasteiger partial charge is 0.320 e. The molecule has 0 saturated heterocycles. The first-order valence-corrected chi connectivity index (χ1v) is 7.89. The zero-order valence-corrected chi connectivity index (χ0v) is 14.0. The van der Waals surface area contributed by atoms with Crippen LogP contribution in [0.2, 0.25) is 0 Å². The third-order valence-corrected chi connectivity index (χ3v) is 3.53. The number of imidazole rings is 1. The van der Waals surface area contributed by atoms with Crippen LogP contribution in [-0.2, 0) is 13.0 Å². The molecule has 0 unspecified atom stereocenters. The number of aryl methyl sites for hydroxylation is 1. The normalized spacial score (nSPS) is 10.9. The SMILES string of the molecule is CCc1nnn(CCNC(=O)Nc2cn3cc(Br)ccc3n2)n1. The average molecular weight is 379 g/mol. The predicted octanol–water partition coefficient (Wildman–Crippen LogP) is 1.47. The van der Waals surface area contributed by atoms with Crippen molar-refractivity contribution in [2.24, 2.45) is 0 Å². The van der Waals surface area contributed by atoms with Gasteiger partial charge in [-0.15, -0.1) is 10.2 Å². The standard InChI is InChI=1S/C13H15BrN8O/c1-2-10-18-20-22(19-10)6-5-15-13(23)17-11-8-21-7-9(14)3-4-12(21)16-11/h3-4,7-8H,2,5-6H2,1H3,(H2,15,17,23). The van der Waals surface area contributed by atoms with Crippen LogP contribution in [0.15, 0.2) is 29.0 Å². The van der Waals surface area contributed by atoms with E-state index in [1.165, 1.54) is 4.80 Å². The maximum Gasteiger partial charge on any atom is 0.320 e. The Morgan fingerprint density at radius 2 is 2.22 bits per heavy atom. The topological polar surface area (TPSA) is 102 Å². The number of rotatable bonds is 5. The van der Waals surface area contributed by atoms with Crippen LogP contribution in [0.1, 0.15) is 12.7 Å². The Morgan fingerprint density at radius 3 is 3.00 bits per heavy atom. The quantitative estimate of drug-likeness (QED) is 0.699. The molecule has 2 N–H and O–H groups in total. The van der Waals surface area contributed by atoms with Gasteiger partial charge in [-0.1, -0.05) is 6.92 Å². The summed E-state index contributed by atoms with van der Waals surface area (Å²) in [7, 11) is 0. The number of amides is 2. The molecule has 10 heteroatoms. The van der Waals surface area contributed by atoms with Crippen LogP contribution >= 0.6 is 15.9 Å². The van der Waals surface area contributed by atoms with Crippen LogP contribution in [0.25, 0.3) is 5.65 Å². The van der Waals surface area contributed by atoms with E-state index < -0.39 is 0 Å². The van der Waals surface area contributed by atoms with E-state index in [1.54, 1.807) is 6.20 Å². The Morgan fingerprint density at radius 1 is 1.35 bits per heavy atom. The fraction of sp³-hybridized carbons (Fsp3) is 0.308. The number of carbonyl (C=O) groups is 1. The van der Waals surface area contributed by atoms with Crippen molar-refractivity contribution in [1.29, 1.82) is 0 Å². The second-order valence-corrected chi connectivity index (χ2v) is 5.69. The van der Waals surface area contributed by atoms with Gasteiger partial charge >= 0.3 is 6.03 Å². The van der Waals surface area contributed by atoms with E-state index in [4.69, 9.17) is 0 Å². The fourth-order valence-electron chi connectivity index (χ4n) is 1.97. The molecule has 0 aliphatic carbocycles. The molecule has 0 spiro atoms. The number of nitrogens with one attached hydrogen (secondary N) is 2. The van der Waals surface area contributed by atoms with E-state index in [-0.39, 0.29) is 6.03 Å². The third-order valence-electron chi connectivity index (χ3n) is 3.06. The molecule has 0 aliphatic heterocycles. The highest BCUT2D eigenvalue weighted by molar-refractivity contribution is 9.10. The summed E-state index contributed by atoms with van der Waals surface area (Å²) >= 11 is 3.39.